The first-order valence-electron chi connectivity index (χ1n) is 4.20. The van der Waals surface area contributed by atoms with E-state index in [9.17, 15) is 13.2 Å². The Labute approximate surface area is 73.1 Å². The van der Waals surface area contributed by atoms with Gasteiger partial charge in [-0.3, -0.25) is 0 Å². The molecule has 0 radical (unpaired) electrons. The van der Waals surface area contributed by atoms with Gasteiger partial charge in [0.25, 0.3) is 0 Å². The van der Waals surface area contributed by atoms with E-state index < -0.39 is 14.6 Å². The summed E-state index contributed by atoms with van der Waals surface area (Å²) in [5, 5.41) is 0. The number of aldehydes is 1. The summed E-state index contributed by atoms with van der Waals surface area (Å²) in [6.07, 6.45) is 3.54. The van der Waals surface area contributed by atoms with Gasteiger partial charge in [-0.25, -0.2) is 8.42 Å². The molecule has 4 heteroatoms. The summed E-state index contributed by atoms with van der Waals surface area (Å²) < 4.78 is 21.9. The summed E-state index contributed by atoms with van der Waals surface area (Å²) in [6.45, 7) is 1.53. The molecule has 0 amide bonds. The second-order valence-corrected chi connectivity index (χ2v) is 6.13. The largest absolute Gasteiger partial charge is 0.302 e. The van der Waals surface area contributed by atoms with Gasteiger partial charge in [0.2, 0.25) is 0 Å². The summed E-state index contributed by atoms with van der Waals surface area (Å²) in [5.74, 6) is 0.169. The van der Waals surface area contributed by atoms with E-state index in [0.717, 1.165) is 12.8 Å². The molecule has 0 saturated carbocycles. The summed E-state index contributed by atoms with van der Waals surface area (Å²) in [7, 11) is -3.18. The molecule has 0 N–H and O–H groups in total. The maximum Gasteiger partial charge on any atom is 0.162 e. The Morgan fingerprint density at radius 1 is 1.25 bits per heavy atom. The second-order valence-electron chi connectivity index (χ2n) is 3.56. The molecule has 0 aromatic carbocycles. The third-order valence-corrected chi connectivity index (χ3v) is 5.09. The minimum atomic E-state index is -3.18. The van der Waals surface area contributed by atoms with Crippen LogP contribution in [0.15, 0.2) is 0 Å². The fourth-order valence-electron chi connectivity index (χ4n) is 1.47. The van der Waals surface area contributed by atoms with Crippen LogP contribution in [0.25, 0.3) is 0 Å². The lowest BCUT2D eigenvalue weighted by molar-refractivity contribution is -0.109. The minimum Gasteiger partial charge on any atom is -0.302 e. The molecule has 1 aliphatic rings. The minimum absolute atomic E-state index is 0.169. The molecule has 0 aromatic rings. The molecule has 1 atom stereocenters. The number of rotatable bonds is 1. The molecule has 1 unspecified atom stereocenters. The highest BCUT2D eigenvalue weighted by atomic mass is 32.2. The fourth-order valence-corrected chi connectivity index (χ4v) is 3.12. The zero-order chi connectivity index (χ0) is 9.24. The monoisotopic (exact) mass is 190 g/mol. The van der Waals surface area contributed by atoms with Crippen molar-refractivity contribution in [3.8, 4) is 0 Å². The lowest BCUT2D eigenvalue weighted by Gasteiger charge is -2.19. The summed E-state index contributed by atoms with van der Waals surface area (Å²) in [5.41, 5.74) is 0. The van der Waals surface area contributed by atoms with Gasteiger partial charge in [0.15, 0.2) is 9.84 Å². The summed E-state index contributed by atoms with van der Waals surface area (Å²) >= 11 is 0. The number of carbonyl (C=O) groups excluding carboxylic acids is 1. The van der Waals surface area contributed by atoms with Gasteiger partial charge in [-0.1, -0.05) is 12.8 Å². The van der Waals surface area contributed by atoms with Gasteiger partial charge in [0, 0.05) is 0 Å². The zero-order valence-corrected chi connectivity index (χ0v) is 8.06. The average molecular weight is 190 g/mol. The first kappa shape index (κ1) is 9.71. The number of carbonyl (C=O) groups is 1. The van der Waals surface area contributed by atoms with Crippen molar-refractivity contribution >= 4 is 16.1 Å². The van der Waals surface area contributed by atoms with E-state index in [4.69, 9.17) is 0 Å². The summed E-state index contributed by atoms with van der Waals surface area (Å²) in [4.78, 5) is 10.7. The maximum absolute atomic E-state index is 11.5. The van der Waals surface area contributed by atoms with Crippen LogP contribution < -0.4 is 0 Å². The number of sulfone groups is 1. The highest BCUT2D eigenvalue weighted by Gasteiger charge is 2.39. The predicted octanol–water partition coefficient (Wildman–Crippen LogP) is 0.933. The van der Waals surface area contributed by atoms with E-state index in [0.29, 0.717) is 19.1 Å². The lowest BCUT2D eigenvalue weighted by atomic mass is 10.0. The molecule has 1 rings (SSSR count). The Bertz CT molecular complexity index is 268. The molecule has 0 aromatic heterocycles. The lowest BCUT2D eigenvalue weighted by Crippen LogP contribution is -2.37. The van der Waals surface area contributed by atoms with Crippen LogP contribution in [0.2, 0.25) is 0 Å². The first-order valence-corrected chi connectivity index (χ1v) is 5.86. The van der Waals surface area contributed by atoms with Crippen LogP contribution in [0, 0.1) is 0 Å². The SMILES string of the molecule is CC1(C=O)CCCCCS1(=O)=O. The van der Waals surface area contributed by atoms with E-state index in [2.05, 4.69) is 0 Å². The highest BCUT2D eigenvalue weighted by molar-refractivity contribution is 7.93. The molecule has 1 heterocycles. The van der Waals surface area contributed by atoms with Crippen LogP contribution >= 0.6 is 0 Å². The molecular formula is C8H14O3S. The Morgan fingerprint density at radius 3 is 2.50 bits per heavy atom. The number of hydrogen-bond donors (Lipinski definition) is 0. The van der Waals surface area contributed by atoms with Gasteiger partial charge in [0.05, 0.1) is 5.75 Å². The highest BCUT2D eigenvalue weighted by Crippen LogP contribution is 2.27. The quantitative estimate of drug-likeness (QED) is 0.578. The maximum atomic E-state index is 11.5. The van der Waals surface area contributed by atoms with Crippen molar-refractivity contribution in [3.63, 3.8) is 0 Å². The molecule has 1 fully saturated rings. The van der Waals surface area contributed by atoms with Crippen LogP contribution in [0.5, 0.6) is 0 Å². The van der Waals surface area contributed by atoms with Gasteiger partial charge in [-0.15, -0.1) is 0 Å². The molecule has 1 saturated heterocycles. The van der Waals surface area contributed by atoms with Crippen molar-refractivity contribution in [3.05, 3.63) is 0 Å². The summed E-state index contributed by atoms with van der Waals surface area (Å²) in [6, 6.07) is 0. The molecule has 3 nitrogen and oxygen atoms in total. The molecule has 12 heavy (non-hydrogen) atoms. The normalized spacial score (nSPS) is 35.4. The topological polar surface area (TPSA) is 51.2 Å². The molecule has 0 bridgehead atoms. The Morgan fingerprint density at radius 2 is 1.92 bits per heavy atom. The van der Waals surface area contributed by atoms with Crippen LogP contribution in [-0.4, -0.2) is 25.2 Å². The van der Waals surface area contributed by atoms with Gasteiger partial charge in [-0.2, -0.15) is 0 Å². The smallest absolute Gasteiger partial charge is 0.162 e. The standard InChI is InChI=1S/C8H14O3S/c1-8(7-9)5-3-2-4-6-12(8,10)11/h7H,2-6H2,1H3. The number of hydrogen-bond acceptors (Lipinski definition) is 3. The Balaban J connectivity index is 3.02. The van der Waals surface area contributed by atoms with Crippen molar-refractivity contribution in [1.82, 2.24) is 0 Å². The van der Waals surface area contributed by atoms with Crippen LogP contribution in [0.4, 0.5) is 0 Å². The molecule has 70 valence electrons. The van der Waals surface area contributed by atoms with Crippen LogP contribution in [0.3, 0.4) is 0 Å². The van der Waals surface area contributed by atoms with Gasteiger partial charge in [-0.05, 0) is 19.8 Å². The third kappa shape index (κ3) is 1.53. The fraction of sp³-hybridized carbons (Fsp3) is 0.875. The van der Waals surface area contributed by atoms with Gasteiger partial charge in [0.1, 0.15) is 11.0 Å². The molecule has 0 spiro atoms. The van der Waals surface area contributed by atoms with Gasteiger partial charge >= 0.3 is 0 Å². The van der Waals surface area contributed by atoms with Crippen molar-refractivity contribution in [1.29, 1.82) is 0 Å². The Hall–Kier alpha value is -0.380. The van der Waals surface area contributed by atoms with Crippen molar-refractivity contribution in [2.75, 3.05) is 5.75 Å². The molecule has 1 aliphatic heterocycles. The second kappa shape index (κ2) is 3.17. The molecule has 0 aliphatic carbocycles. The van der Waals surface area contributed by atoms with Crippen molar-refractivity contribution < 1.29 is 13.2 Å². The third-order valence-electron chi connectivity index (χ3n) is 2.55. The van der Waals surface area contributed by atoms with Crippen molar-refractivity contribution in [2.24, 2.45) is 0 Å². The van der Waals surface area contributed by atoms with E-state index in [1.807, 2.05) is 0 Å². The average Bonchev–Trinajstić information content (AvgIpc) is 2.13. The zero-order valence-electron chi connectivity index (χ0n) is 7.25. The van der Waals surface area contributed by atoms with E-state index in [1.54, 1.807) is 0 Å². The van der Waals surface area contributed by atoms with Crippen LogP contribution in [0.1, 0.15) is 32.6 Å². The van der Waals surface area contributed by atoms with Crippen molar-refractivity contribution in [2.45, 2.75) is 37.4 Å². The van der Waals surface area contributed by atoms with E-state index in [-0.39, 0.29) is 5.75 Å². The first-order chi connectivity index (χ1) is 5.52. The predicted molar refractivity (Wildman–Crippen MR) is 46.7 cm³/mol. The molecular weight excluding hydrogens is 176 g/mol. The van der Waals surface area contributed by atoms with E-state index in [1.165, 1.54) is 6.92 Å². The van der Waals surface area contributed by atoms with E-state index >= 15 is 0 Å². The van der Waals surface area contributed by atoms with Gasteiger partial charge < -0.3 is 4.79 Å². The van der Waals surface area contributed by atoms with Crippen LogP contribution in [-0.2, 0) is 14.6 Å². The Kier molecular flexibility index (Phi) is 2.56.